The van der Waals surface area contributed by atoms with Crippen LogP contribution in [0.25, 0.3) is 0 Å². The molecule has 0 unspecified atom stereocenters. The monoisotopic (exact) mass is 270 g/mol. The van der Waals surface area contributed by atoms with E-state index in [1.807, 2.05) is 5.56 Å². The molecular weight excluding hydrogens is 240 g/mol. The molecule has 1 aromatic carbocycles. The lowest BCUT2D eigenvalue weighted by Crippen LogP contribution is -2.07. The van der Waals surface area contributed by atoms with Crippen LogP contribution in [-0.4, -0.2) is 0 Å². The highest BCUT2D eigenvalue weighted by Crippen LogP contribution is 2.33. The van der Waals surface area contributed by atoms with Crippen LogP contribution in [0.4, 0.5) is 0 Å². The summed E-state index contributed by atoms with van der Waals surface area (Å²) in [6.45, 7) is 2.32. The van der Waals surface area contributed by atoms with E-state index in [0.717, 1.165) is 0 Å². The molecule has 20 heavy (non-hydrogen) atoms. The second kappa shape index (κ2) is 6.78. The van der Waals surface area contributed by atoms with E-state index in [-0.39, 0.29) is 0 Å². The van der Waals surface area contributed by atoms with Gasteiger partial charge in [-0.25, -0.2) is 0 Å². The van der Waals surface area contributed by atoms with Crippen LogP contribution in [0.3, 0.4) is 0 Å². The SMILES string of the molecule is CCCCc1cc2c(c3c1CCCCC3)CCCCC2. The third kappa shape index (κ3) is 2.95. The topological polar surface area (TPSA) is 0 Å². The summed E-state index contributed by atoms with van der Waals surface area (Å²) in [6.07, 6.45) is 18.0. The molecule has 0 fully saturated rings. The summed E-state index contributed by atoms with van der Waals surface area (Å²) in [7, 11) is 0. The first kappa shape index (κ1) is 14.2. The van der Waals surface area contributed by atoms with E-state index in [4.69, 9.17) is 0 Å². The maximum atomic E-state index is 2.63. The van der Waals surface area contributed by atoms with Crippen LogP contribution in [0.5, 0.6) is 0 Å². The van der Waals surface area contributed by atoms with E-state index in [9.17, 15) is 0 Å². The van der Waals surface area contributed by atoms with Crippen LogP contribution in [0.2, 0.25) is 0 Å². The summed E-state index contributed by atoms with van der Waals surface area (Å²) >= 11 is 0. The Hall–Kier alpha value is -0.780. The Labute approximate surface area is 125 Å². The molecule has 0 amide bonds. The average Bonchev–Trinajstić information content (AvgIpc) is 2.84. The Kier molecular flexibility index (Phi) is 4.81. The van der Waals surface area contributed by atoms with Gasteiger partial charge in [0.05, 0.1) is 0 Å². The quantitative estimate of drug-likeness (QED) is 0.630. The molecule has 0 spiro atoms. The molecule has 0 atom stereocenters. The Morgan fingerprint density at radius 3 is 2.15 bits per heavy atom. The van der Waals surface area contributed by atoms with Gasteiger partial charge in [0.1, 0.15) is 0 Å². The zero-order valence-electron chi connectivity index (χ0n) is 13.3. The van der Waals surface area contributed by atoms with Crippen molar-refractivity contribution >= 4 is 0 Å². The lowest BCUT2D eigenvalue weighted by atomic mass is 9.85. The summed E-state index contributed by atoms with van der Waals surface area (Å²) in [6, 6.07) is 2.63. The zero-order chi connectivity index (χ0) is 13.8. The van der Waals surface area contributed by atoms with Crippen molar-refractivity contribution in [1.29, 1.82) is 0 Å². The van der Waals surface area contributed by atoms with Gasteiger partial charge in [0.15, 0.2) is 0 Å². The molecule has 0 aliphatic heterocycles. The summed E-state index contributed by atoms with van der Waals surface area (Å²) < 4.78 is 0. The first-order chi connectivity index (χ1) is 9.90. The standard InChI is InChI=1S/C20H30/c1-2-3-10-16-15-17-11-6-4-7-12-19(17)20-14-9-5-8-13-18(16)20/h15H,2-14H2,1H3. The van der Waals surface area contributed by atoms with Crippen LogP contribution in [-0.2, 0) is 32.1 Å². The molecular formula is C20H30. The second-order valence-corrected chi connectivity index (χ2v) is 6.86. The molecule has 0 N–H and O–H groups in total. The lowest BCUT2D eigenvalue weighted by molar-refractivity contribution is 0.701. The van der Waals surface area contributed by atoms with E-state index >= 15 is 0 Å². The first-order valence-corrected chi connectivity index (χ1v) is 9.05. The van der Waals surface area contributed by atoms with Crippen molar-refractivity contribution in [2.24, 2.45) is 0 Å². The van der Waals surface area contributed by atoms with Gasteiger partial charge in [0.25, 0.3) is 0 Å². The highest BCUT2D eigenvalue weighted by Gasteiger charge is 2.20. The Morgan fingerprint density at radius 2 is 1.40 bits per heavy atom. The van der Waals surface area contributed by atoms with Gasteiger partial charge in [-0.2, -0.15) is 0 Å². The summed E-state index contributed by atoms with van der Waals surface area (Å²) in [5.74, 6) is 0. The lowest BCUT2D eigenvalue weighted by Gasteiger charge is -2.20. The third-order valence-corrected chi connectivity index (χ3v) is 5.38. The van der Waals surface area contributed by atoms with E-state index < -0.39 is 0 Å². The molecule has 2 aliphatic rings. The van der Waals surface area contributed by atoms with Crippen molar-refractivity contribution in [3.05, 3.63) is 33.9 Å². The van der Waals surface area contributed by atoms with Crippen LogP contribution in [0.1, 0.15) is 86.1 Å². The highest BCUT2D eigenvalue weighted by molar-refractivity contribution is 5.47. The molecule has 0 heterocycles. The van der Waals surface area contributed by atoms with Gasteiger partial charge in [0.2, 0.25) is 0 Å². The van der Waals surface area contributed by atoms with Gasteiger partial charge in [-0.1, -0.05) is 32.3 Å². The molecule has 0 aromatic heterocycles. The Balaban J connectivity index is 2.04. The third-order valence-electron chi connectivity index (χ3n) is 5.38. The van der Waals surface area contributed by atoms with Crippen molar-refractivity contribution < 1.29 is 0 Å². The normalized spacial score (nSPS) is 18.9. The number of aryl methyl sites for hydroxylation is 2. The fourth-order valence-corrected chi connectivity index (χ4v) is 4.27. The number of benzene rings is 1. The molecule has 0 bridgehead atoms. The smallest absolute Gasteiger partial charge is 0.0273 e. The fourth-order valence-electron chi connectivity index (χ4n) is 4.27. The predicted octanol–water partition coefficient (Wildman–Crippen LogP) is 5.57. The molecule has 0 saturated carbocycles. The summed E-state index contributed by atoms with van der Waals surface area (Å²) in [5.41, 5.74) is 8.85. The minimum Gasteiger partial charge on any atom is -0.0654 e. The van der Waals surface area contributed by atoms with Gasteiger partial charge in [-0.15, -0.1) is 0 Å². The van der Waals surface area contributed by atoms with E-state index in [1.54, 1.807) is 22.3 Å². The molecule has 0 radical (unpaired) electrons. The summed E-state index contributed by atoms with van der Waals surface area (Å²) in [4.78, 5) is 0. The van der Waals surface area contributed by atoms with Crippen LogP contribution in [0.15, 0.2) is 6.07 Å². The zero-order valence-corrected chi connectivity index (χ0v) is 13.3. The average molecular weight is 270 g/mol. The molecule has 0 heteroatoms. The van der Waals surface area contributed by atoms with E-state index in [1.165, 1.54) is 83.5 Å². The predicted molar refractivity (Wildman–Crippen MR) is 87.6 cm³/mol. The van der Waals surface area contributed by atoms with Crippen LogP contribution < -0.4 is 0 Å². The molecule has 0 saturated heterocycles. The van der Waals surface area contributed by atoms with Gasteiger partial charge in [0, 0.05) is 0 Å². The number of hydrogen-bond acceptors (Lipinski definition) is 0. The number of fused-ring (bicyclic) bond motifs is 3. The highest BCUT2D eigenvalue weighted by atomic mass is 14.2. The minimum atomic E-state index is 1.33. The Morgan fingerprint density at radius 1 is 0.750 bits per heavy atom. The van der Waals surface area contributed by atoms with Gasteiger partial charge in [-0.05, 0) is 92.0 Å². The molecule has 1 aromatic rings. The van der Waals surface area contributed by atoms with Crippen molar-refractivity contribution in [2.45, 2.75) is 90.4 Å². The molecule has 110 valence electrons. The van der Waals surface area contributed by atoms with Crippen molar-refractivity contribution in [3.63, 3.8) is 0 Å². The molecule has 3 rings (SSSR count). The van der Waals surface area contributed by atoms with Crippen molar-refractivity contribution in [3.8, 4) is 0 Å². The van der Waals surface area contributed by atoms with E-state index in [0.29, 0.717) is 0 Å². The minimum absolute atomic E-state index is 1.33. The number of hydrogen-bond donors (Lipinski definition) is 0. The van der Waals surface area contributed by atoms with Crippen molar-refractivity contribution in [2.75, 3.05) is 0 Å². The van der Waals surface area contributed by atoms with Gasteiger partial charge < -0.3 is 0 Å². The largest absolute Gasteiger partial charge is 0.0654 e. The van der Waals surface area contributed by atoms with Gasteiger partial charge >= 0.3 is 0 Å². The first-order valence-electron chi connectivity index (χ1n) is 9.05. The van der Waals surface area contributed by atoms with E-state index in [2.05, 4.69) is 13.0 Å². The maximum absolute atomic E-state index is 2.63. The fraction of sp³-hybridized carbons (Fsp3) is 0.700. The number of unbranched alkanes of at least 4 members (excludes halogenated alkanes) is 1. The van der Waals surface area contributed by atoms with Crippen LogP contribution >= 0.6 is 0 Å². The molecule has 0 nitrogen and oxygen atoms in total. The Bertz CT molecular complexity index is 456. The second-order valence-electron chi connectivity index (χ2n) is 6.86. The summed E-state index contributed by atoms with van der Waals surface area (Å²) in [5, 5.41) is 0. The number of rotatable bonds is 3. The van der Waals surface area contributed by atoms with Crippen molar-refractivity contribution in [1.82, 2.24) is 0 Å². The van der Waals surface area contributed by atoms with Crippen LogP contribution in [0, 0.1) is 0 Å². The maximum Gasteiger partial charge on any atom is -0.0273 e. The van der Waals surface area contributed by atoms with Gasteiger partial charge in [-0.3, -0.25) is 0 Å². The molecule has 2 aliphatic carbocycles.